The lowest BCUT2D eigenvalue weighted by atomic mass is 10.0. The summed E-state index contributed by atoms with van der Waals surface area (Å²) < 4.78 is 5.90. The Kier molecular flexibility index (Phi) is 2.94. The quantitative estimate of drug-likeness (QED) is 0.752. The van der Waals surface area contributed by atoms with Crippen LogP contribution in [0, 0.1) is 0 Å². The molecule has 0 aliphatic heterocycles. The average Bonchev–Trinajstić information content (AvgIpc) is 3.01. The number of nitrogens with zero attached hydrogens (tertiary/aromatic N) is 1. The van der Waals surface area contributed by atoms with E-state index in [9.17, 15) is 0 Å². The summed E-state index contributed by atoms with van der Waals surface area (Å²) in [5.41, 5.74) is 2.48. The molecule has 0 unspecified atom stereocenters. The average molecular weight is 205 g/mol. The summed E-state index contributed by atoms with van der Waals surface area (Å²) in [6, 6.07) is 2.00. The van der Waals surface area contributed by atoms with Crippen LogP contribution in [0.4, 0.5) is 0 Å². The molecule has 1 aromatic heterocycles. The minimum Gasteiger partial charge on any atom is -0.490 e. The van der Waals surface area contributed by atoms with Gasteiger partial charge in [-0.3, -0.25) is 4.98 Å². The molecule has 1 aliphatic carbocycles. The first-order valence-electron chi connectivity index (χ1n) is 5.86. The fraction of sp³-hybridized carbons (Fsp3) is 0.615. The molecule has 0 N–H and O–H groups in total. The third kappa shape index (κ3) is 2.31. The van der Waals surface area contributed by atoms with Crippen molar-refractivity contribution < 1.29 is 4.74 Å². The molecule has 1 fully saturated rings. The van der Waals surface area contributed by atoms with Crippen LogP contribution in [0.3, 0.4) is 0 Å². The van der Waals surface area contributed by atoms with E-state index in [1.54, 1.807) is 0 Å². The molecule has 0 amide bonds. The van der Waals surface area contributed by atoms with E-state index in [1.165, 1.54) is 24.1 Å². The normalized spacial score (nSPS) is 15.7. The maximum atomic E-state index is 5.90. The summed E-state index contributed by atoms with van der Waals surface area (Å²) >= 11 is 0. The minimum absolute atomic E-state index is 0.470. The Morgan fingerprint density at radius 2 is 2.20 bits per heavy atom. The van der Waals surface area contributed by atoms with Crippen LogP contribution in [-0.2, 0) is 6.42 Å². The van der Waals surface area contributed by atoms with Gasteiger partial charge in [0.15, 0.2) is 0 Å². The van der Waals surface area contributed by atoms with E-state index in [2.05, 4.69) is 25.8 Å². The Morgan fingerprint density at radius 3 is 2.73 bits per heavy atom. The van der Waals surface area contributed by atoms with Gasteiger partial charge in [-0.25, -0.2) is 0 Å². The lowest BCUT2D eigenvalue weighted by Gasteiger charge is -2.15. The van der Waals surface area contributed by atoms with Gasteiger partial charge in [0.25, 0.3) is 0 Å². The highest BCUT2D eigenvalue weighted by Crippen LogP contribution is 2.32. The second-order valence-corrected chi connectivity index (χ2v) is 4.50. The molecule has 0 atom stereocenters. The number of hydrogen-bond donors (Lipinski definition) is 0. The van der Waals surface area contributed by atoms with E-state index in [1.807, 2.05) is 12.3 Å². The van der Waals surface area contributed by atoms with Crippen LogP contribution >= 0.6 is 0 Å². The van der Waals surface area contributed by atoms with Gasteiger partial charge < -0.3 is 4.74 Å². The lowest BCUT2D eigenvalue weighted by Crippen LogP contribution is -2.05. The monoisotopic (exact) mass is 205 g/mol. The Morgan fingerprint density at radius 1 is 1.47 bits per heavy atom. The number of ether oxygens (including phenoxy) is 1. The highest BCUT2D eigenvalue weighted by Gasteiger charge is 2.25. The molecule has 0 saturated heterocycles. The fourth-order valence-corrected chi connectivity index (χ4v) is 1.82. The molecule has 0 aromatic carbocycles. The van der Waals surface area contributed by atoms with E-state index >= 15 is 0 Å². The molecule has 82 valence electrons. The molecular formula is C13H19NO. The van der Waals surface area contributed by atoms with Gasteiger partial charge in [0.1, 0.15) is 5.75 Å². The SMILES string of the molecule is CCc1c(OC2CC2)ccnc1C(C)C. The predicted octanol–water partition coefficient (Wildman–Crippen LogP) is 3.31. The van der Waals surface area contributed by atoms with Gasteiger partial charge in [0.2, 0.25) is 0 Å². The third-order valence-corrected chi connectivity index (χ3v) is 2.76. The van der Waals surface area contributed by atoms with Crippen LogP contribution < -0.4 is 4.74 Å². The zero-order valence-electron chi connectivity index (χ0n) is 9.79. The molecule has 2 rings (SSSR count). The van der Waals surface area contributed by atoms with E-state index in [0.29, 0.717) is 12.0 Å². The van der Waals surface area contributed by atoms with Crippen molar-refractivity contribution in [2.24, 2.45) is 0 Å². The standard InChI is InChI=1S/C13H19NO/c1-4-11-12(15-10-5-6-10)7-8-14-13(11)9(2)3/h7-10H,4-6H2,1-3H3. The molecule has 1 heterocycles. The Balaban J connectivity index is 2.30. The van der Waals surface area contributed by atoms with Crippen LogP contribution in [0.15, 0.2) is 12.3 Å². The second kappa shape index (κ2) is 4.21. The van der Waals surface area contributed by atoms with Crippen LogP contribution in [0.1, 0.15) is 50.8 Å². The number of pyridine rings is 1. The van der Waals surface area contributed by atoms with Gasteiger partial charge in [0, 0.05) is 17.5 Å². The smallest absolute Gasteiger partial charge is 0.126 e. The van der Waals surface area contributed by atoms with Crippen molar-refractivity contribution in [1.29, 1.82) is 0 Å². The van der Waals surface area contributed by atoms with Gasteiger partial charge in [-0.2, -0.15) is 0 Å². The van der Waals surface area contributed by atoms with Crippen molar-refractivity contribution in [3.63, 3.8) is 0 Å². The van der Waals surface area contributed by atoms with E-state index in [4.69, 9.17) is 4.74 Å². The van der Waals surface area contributed by atoms with Crippen LogP contribution in [0.25, 0.3) is 0 Å². The van der Waals surface area contributed by atoms with Crippen molar-refractivity contribution >= 4 is 0 Å². The molecule has 0 radical (unpaired) electrons. The topological polar surface area (TPSA) is 22.1 Å². The molecule has 1 aromatic rings. The lowest BCUT2D eigenvalue weighted by molar-refractivity contribution is 0.299. The van der Waals surface area contributed by atoms with Crippen LogP contribution in [-0.4, -0.2) is 11.1 Å². The van der Waals surface area contributed by atoms with Gasteiger partial charge in [-0.15, -0.1) is 0 Å². The van der Waals surface area contributed by atoms with E-state index in [-0.39, 0.29) is 0 Å². The van der Waals surface area contributed by atoms with Crippen LogP contribution in [0.5, 0.6) is 5.75 Å². The molecule has 0 bridgehead atoms. The number of hydrogen-bond acceptors (Lipinski definition) is 2. The summed E-state index contributed by atoms with van der Waals surface area (Å²) in [6.45, 7) is 6.54. The predicted molar refractivity (Wildman–Crippen MR) is 61.4 cm³/mol. The first-order chi connectivity index (χ1) is 7.22. The third-order valence-electron chi connectivity index (χ3n) is 2.76. The molecule has 2 heteroatoms. The Bertz CT molecular complexity index is 342. The van der Waals surface area contributed by atoms with Gasteiger partial charge in [-0.1, -0.05) is 20.8 Å². The van der Waals surface area contributed by atoms with Crippen molar-refractivity contribution in [1.82, 2.24) is 4.98 Å². The highest BCUT2D eigenvalue weighted by molar-refractivity contribution is 5.37. The summed E-state index contributed by atoms with van der Waals surface area (Å²) in [7, 11) is 0. The largest absolute Gasteiger partial charge is 0.490 e. The number of rotatable bonds is 4. The van der Waals surface area contributed by atoms with Crippen molar-refractivity contribution in [3.8, 4) is 5.75 Å². The molecule has 2 nitrogen and oxygen atoms in total. The molecule has 1 aliphatic rings. The van der Waals surface area contributed by atoms with Crippen molar-refractivity contribution in [3.05, 3.63) is 23.5 Å². The van der Waals surface area contributed by atoms with Crippen molar-refractivity contribution in [2.75, 3.05) is 0 Å². The minimum atomic E-state index is 0.470. The summed E-state index contributed by atoms with van der Waals surface area (Å²) in [6.07, 6.45) is 5.76. The molecular weight excluding hydrogens is 186 g/mol. The first kappa shape index (κ1) is 10.5. The zero-order chi connectivity index (χ0) is 10.8. The number of aromatic nitrogens is 1. The second-order valence-electron chi connectivity index (χ2n) is 4.50. The molecule has 15 heavy (non-hydrogen) atoms. The van der Waals surface area contributed by atoms with E-state index < -0.39 is 0 Å². The van der Waals surface area contributed by atoms with Crippen molar-refractivity contribution in [2.45, 2.75) is 52.1 Å². The zero-order valence-corrected chi connectivity index (χ0v) is 9.79. The van der Waals surface area contributed by atoms with Gasteiger partial charge >= 0.3 is 0 Å². The highest BCUT2D eigenvalue weighted by atomic mass is 16.5. The maximum Gasteiger partial charge on any atom is 0.126 e. The van der Waals surface area contributed by atoms with Gasteiger partial charge in [0.05, 0.1) is 6.10 Å². The molecule has 0 spiro atoms. The Hall–Kier alpha value is -1.05. The summed E-state index contributed by atoms with van der Waals surface area (Å²) in [5.74, 6) is 1.53. The molecule has 1 saturated carbocycles. The summed E-state index contributed by atoms with van der Waals surface area (Å²) in [5, 5.41) is 0. The Labute approximate surface area is 91.7 Å². The summed E-state index contributed by atoms with van der Waals surface area (Å²) in [4.78, 5) is 4.46. The van der Waals surface area contributed by atoms with Gasteiger partial charge in [-0.05, 0) is 31.2 Å². The van der Waals surface area contributed by atoms with Crippen LogP contribution in [0.2, 0.25) is 0 Å². The first-order valence-corrected chi connectivity index (χ1v) is 5.86. The van der Waals surface area contributed by atoms with E-state index in [0.717, 1.165) is 12.2 Å². The maximum absolute atomic E-state index is 5.90. The fourth-order valence-electron chi connectivity index (χ4n) is 1.82.